The predicted molar refractivity (Wildman–Crippen MR) is 90.0 cm³/mol. The van der Waals surface area contributed by atoms with Crippen LogP contribution < -0.4 is 9.64 Å². The van der Waals surface area contributed by atoms with E-state index < -0.39 is 5.97 Å². The van der Waals surface area contributed by atoms with Crippen molar-refractivity contribution in [1.29, 1.82) is 0 Å². The van der Waals surface area contributed by atoms with Gasteiger partial charge >= 0.3 is 5.97 Å². The highest BCUT2D eigenvalue weighted by molar-refractivity contribution is 7.16. The molecule has 2 heterocycles. The number of rotatable bonds is 4. The maximum absolute atomic E-state index is 12.0. The third kappa shape index (κ3) is 3.09. The van der Waals surface area contributed by atoms with Gasteiger partial charge < -0.3 is 14.4 Å². The summed E-state index contributed by atoms with van der Waals surface area (Å²) >= 11 is 1.41. The van der Waals surface area contributed by atoms with Gasteiger partial charge in [0.15, 0.2) is 10.8 Å². The summed E-state index contributed by atoms with van der Waals surface area (Å²) < 4.78 is 10.5. The Hall–Kier alpha value is -2.67. The van der Waals surface area contributed by atoms with Gasteiger partial charge in [-0.2, -0.15) is 4.98 Å². The minimum atomic E-state index is -0.481. The van der Waals surface area contributed by atoms with Crippen molar-refractivity contribution in [2.45, 2.75) is 0 Å². The number of esters is 1. The van der Waals surface area contributed by atoms with E-state index >= 15 is 0 Å². The number of nitrogens with zero attached hydrogens (tertiary/aromatic N) is 3. The molecule has 0 saturated carbocycles. The van der Waals surface area contributed by atoms with E-state index in [9.17, 15) is 4.79 Å². The Balaban J connectivity index is 1.96. The second kappa shape index (κ2) is 6.21. The van der Waals surface area contributed by atoms with E-state index in [1.165, 1.54) is 11.3 Å². The van der Waals surface area contributed by atoms with Gasteiger partial charge in [-0.15, -0.1) is 0 Å². The fourth-order valence-corrected chi connectivity index (χ4v) is 2.87. The summed E-state index contributed by atoms with van der Waals surface area (Å²) in [5.74, 6) is 0.284. The quantitative estimate of drug-likeness (QED) is 0.637. The summed E-state index contributed by atoms with van der Waals surface area (Å²) in [5.41, 5.74) is 0.991. The number of hydrogen-bond donors (Lipinski definition) is 0. The third-order valence-electron chi connectivity index (χ3n) is 3.09. The Morgan fingerprint density at radius 2 is 2.00 bits per heavy atom. The molecule has 0 aliphatic carbocycles. The van der Waals surface area contributed by atoms with Crippen molar-refractivity contribution < 1.29 is 14.3 Å². The Kier molecular flexibility index (Phi) is 4.12. The van der Waals surface area contributed by atoms with Gasteiger partial charge in [0, 0.05) is 19.7 Å². The normalized spacial score (nSPS) is 15.5. The molecule has 1 aromatic heterocycles. The molecule has 118 valence electrons. The van der Waals surface area contributed by atoms with E-state index in [1.807, 2.05) is 49.3 Å². The largest absolute Gasteiger partial charge is 0.480 e. The summed E-state index contributed by atoms with van der Waals surface area (Å²) in [6, 6.07) is 9.30. The number of thiazole rings is 1. The molecule has 0 bridgehead atoms. The molecule has 1 aromatic carbocycles. The predicted octanol–water partition coefficient (Wildman–Crippen LogP) is 2.56. The molecule has 0 radical (unpaired) electrons. The molecule has 7 heteroatoms. The van der Waals surface area contributed by atoms with E-state index in [-0.39, 0.29) is 5.70 Å². The van der Waals surface area contributed by atoms with Gasteiger partial charge in [-0.1, -0.05) is 29.5 Å². The number of aromatic nitrogens is 1. The number of methoxy groups -OCH3 is 1. The number of hydrogen-bond acceptors (Lipinski definition) is 7. The van der Waals surface area contributed by atoms with Gasteiger partial charge in [-0.05, 0) is 18.2 Å². The monoisotopic (exact) mass is 329 g/mol. The lowest BCUT2D eigenvalue weighted by Gasteiger charge is -2.04. The van der Waals surface area contributed by atoms with Crippen LogP contribution in [0.15, 0.2) is 41.0 Å². The van der Waals surface area contributed by atoms with Gasteiger partial charge in [0.25, 0.3) is 0 Å². The van der Waals surface area contributed by atoms with Crippen molar-refractivity contribution in [3.05, 3.63) is 46.5 Å². The summed E-state index contributed by atoms with van der Waals surface area (Å²) in [7, 11) is 5.33. The summed E-state index contributed by atoms with van der Waals surface area (Å²) in [6.07, 6.45) is 1.64. The molecule has 1 aliphatic rings. The molecule has 0 unspecified atom stereocenters. The van der Waals surface area contributed by atoms with E-state index in [1.54, 1.807) is 13.2 Å². The average molecular weight is 329 g/mol. The zero-order valence-corrected chi connectivity index (χ0v) is 13.8. The van der Waals surface area contributed by atoms with E-state index in [0.717, 1.165) is 15.6 Å². The summed E-state index contributed by atoms with van der Waals surface area (Å²) in [4.78, 5) is 23.3. The first kappa shape index (κ1) is 15.2. The number of aliphatic imine (C=N–C) groups is 1. The molecular formula is C16H15N3O3S. The molecule has 0 fully saturated rings. The maximum Gasteiger partial charge on any atom is 0.363 e. The van der Waals surface area contributed by atoms with Crippen molar-refractivity contribution in [2.75, 3.05) is 26.1 Å². The number of anilines is 1. The van der Waals surface area contributed by atoms with Crippen LogP contribution in [0.4, 0.5) is 5.13 Å². The van der Waals surface area contributed by atoms with Crippen LogP contribution in [0, 0.1) is 0 Å². The first-order valence-electron chi connectivity index (χ1n) is 6.88. The maximum atomic E-state index is 12.0. The van der Waals surface area contributed by atoms with Crippen LogP contribution >= 0.6 is 11.3 Å². The Morgan fingerprint density at radius 1 is 1.26 bits per heavy atom. The number of benzene rings is 1. The van der Waals surface area contributed by atoms with Gasteiger partial charge in [-0.25, -0.2) is 9.79 Å². The Labute approximate surface area is 137 Å². The second-order valence-electron chi connectivity index (χ2n) is 4.97. The molecule has 3 rings (SSSR count). The van der Waals surface area contributed by atoms with Crippen molar-refractivity contribution in [3.8, 4) is 5.88 Å². The minimum Gasteiger partial charge on any atom is -0.480 e. The average Bonchev–Trinajstić information content (AvgIpc) is 3.13. The van der Waals surface area contributed by atoms with Gasteiger partial charge in [0.05, 0.1) is 12.0 Å². The van der Waals surface area contributed by atoms with E-state index in [2.05, 4.69) is 9.98 Å². The molecule has 1 aliphatic heterocycles. The highest BCUT2D eigenvalue weighted by atomic mass is 32.1. The molecule has 0 N–H and O–H groups in total. The van der Waals surface area contributed by atoms with E-state index in [4.69, 9.17) is 9.47 Å². The SMILES string of the molecule is COc1nc(N(C)C)sc1C=C1N=C(c2ccccc2)OC1=O. The van der Waals surface area contributed by atoms with Crippen molar-refractivity contribution in [1.82, 2.24) is 4.98 Å². The topological polar surface area (TPSA) is 64.0 Å². The molecule has 0 spiro atoms. The smallest absolute Gasteiger partial charge is 0.363 e. The fourth-order valence-electron chi connectivity index (χ4n) is 1.97. The molecule has 6 nitrogen and oxygen atoms in total. The zero-order valence-electron chi connectivity index (χ0n) is 12.9. The summed E-state index contributed by atoms with van der Waals surface area (Å²) in [6.45, 7) is 0. The van der Waals surface area contributed by atoms with Crippen molar-refractivity contribution in [3.63, 3.8) is 0 Å². The van der Waals surface area contributed by atoms with Gasteiger partial charge in [0.2, 0.25) is 11.8 Å². The van der Waals surface area contributed by atoms with Crippen LogP contribution in [0.1, 0.15) is 10.4 Å². The first-order valence-corrected chi connectivity index (χ1v) is 7.70. The van der Waals surface area contributed by atoms with Crippen LogP contribution in [0.3, 0.4) is 0 Å². The lowest BCUT2D eigenvalue weighted by Crippen LogP contribution is -2.07. The number of ether oxygens (including phenoxy) is 2. The number of carbonyl (C=O) groups is 1. The van der Waals surface area contributed by atoms with Crippen LogP contribution in [0.5, 0.6) is 5.88 Å². The summed E-state index contributed by atoms with van der Waals surface area (Å²) in [5, 5.41) is 0.785. The molecule has 0 atom stereocenters. The Morgan fingerprint density at radius 3 is 2.65 bits per heavy atom. The van der Waals surface area contributed by atoms with Crippen LogP contribution in [-0.4, -0.2) is 38.1 Å². The molecular weight excluding hydrogens is 314 g/mol. The fraction of sp³-hybridized carbons (Fsp3) is 0.188. The van der Waals surface area contributed by atoms with Crippen LogP contribution in [0.25, 0.3) is 6.08 Å². The third-order valence-corrected chi connectivity index (χ3v) is 4.25. The van der Waals surface area contributed by atoms with Gasteiger partial charge in [0.1, 0.15) is 0 Å². The van der Waals surface area contributed by atoms with Crippen molar-refractivity contribution in [2.24, 2.45) is 4.99 Å². The lowest BCUT2D eigenvalue weighted by molar-refractivity contribution is -0.129. The first-order chi connectivity index (χ1) is 11.1. The van der Waals surface area contributed by atoms with Gasteiger partial charge in [-0.3, -0.25) is 0 Å². The van der Waals surface area contributed by atoms with E-state index in [0.29, 0.717) is 11.8 Å². The minimum absolute atomic E-state index is 0.233. The standard InChI is InChI=1S/C16H15N3O3S/c1-19(2)16-18-14(21-3)12(23-16)9-11-15(20)22-13(17-11)10-7-5-4-6-8-10/h4-9H,1-3H3. The van der Waals surface area contributed by atoms with Crippen molar-refractivity contribution >= 4 is 34.4 Å². The lowest BCUT2D eigenvalue weighted by atomic mass is 10.2. The highest BCUT2D eigenvalue weighted by Gasteiger charge is 2.25. The molecule has 2 aromatic rings. The Bertz CT molecular complexity index is 794. The molecule has 0 saturated heterocycles. The zero-order chi connectivity index (χ0) is 16.4. The molecule has 0 amide bonds. The number of cyclic esters (lactones) is 1. The highest BCUT2D eigenvalue weighted by Crippen LogP contribution is 2.33. The van der Waals surface area contributed by atoms with Crippen LogP contribution in [-0.2, 0) is 9.53 Å². The number of carbonyl (C=O) groups excluding carboxylic acids is 1. The molecule has 23 heavy (non-hydrogen) atoms. The van der Waals surface area contributed by atoms with Crippen LogP contribution in [0.2, 0.25) is 0 Å². The second-order valence-corrected chi connectivity index (χ2v) is 5.98.